The van der Waals surface area contributed by atoms with Crippen molar-refractivity contribution in [2.24, 2.45) is 7.05 Å². The molecule has 0 fully saturated rings. The second-order valence-corrected chi connectivity index (χ2v) is 7.01. The third-order valence-corrected chi connectivity index (χ3v) is 4.97. The summed E-state index contributed by atoms with van der Waals surface area (Å²) in [5.74, 6) is 2.26. The van der Waals surface area contributed by atoms with Gasteiger partial charge in [0.05, 0.1) is 19.0 Å². The first kappa shape index (κ1) is 19.6. The average molecular weight is 399 g/mol. The summed E-state index contributed by atoms with van der Waals surface area (Å²) in [5, 5.41) is 3.40. The summed E-state index contributed by atoms with van der Waals surface area (Å²) < 4.78 is 13.5. The molecular weight excluding hydrogens is 374 g/mol. The van der Waals surface area contributed by atoms with Crippen molar-refractivity contribution in [3.05, 3.63) is 96.2 Å². The maximum absolute atomic E-state index is 5.94. The van der Waals surface area contributed by atoms with Crippen molar-refractivity contribution in [1.29, 1.82) is 0 Å². The van der Waals surface area contributed by atoms with Crippen LogP contribution in [-0.2, 0) is 20.2 Å². The van der Waals surface area contributed by atoms with Gasteiger partial charge < -0.3 is 19.4 Å². The third-order valence-electron chi connectivity index (χ3n) is 4.97. The molecule has 0 unspecified atom stereocenters. The van der Waals surface area contributed by atoms with Gasteiger partial charge in [0.2, 0.25) is 5.95 Å². The van der Waals surface area contributed by atoms with Gasteiger partial charge in [-0.25, -0.2) is 4.98 Å². The van der Waals surface area contributed by atoms with Crippen molar-refractivity contribution >= 4 is 5.95 Å². The fourth-order valence-corrected chi connectivity index (χ4v) is 3.31. The number of nitrogens with zero attached hydrogens (tertiary/aromatic N) is 2. The number of anilines is 1. The first-order valence-corrected chi connectivity index (χ1v) is 9.89. The Morgan fingerprint density at radius 1 is 0.867 bits per heavy atom. The molecular formula is C25H25N3O2. The third kappa shape index (κ3) is 4.46. The van der Waals surface area contributed by atoms with Gasteiger partial charge in [-0.2, -0.15) is 0 Å². The van der Waals surface area contributed by atoms with Crippen LogP contribution in [0.2, 0.25) is 0 Å². The number of rotatable bonds is 8. The van der Waals surface area contributed by atoms with E-state index in [0.29, 0.717) is 13.2 Å². The fraction of sp³-hybridized carbons (Fsp3) is 0.160. The zero-order valence-corrected chi connectivity index (χ0v) is 17.2. The van der Waals surface area contributed by atoms with Crippen LogP contribution in [0.4, 0.5) is 5.95 Å². The molecule has 1 N–H and O–H groups in total. The predicted molar refractivity (Wildman–Crippen MR) is 120 cm³/mol. The number of hydrogen-bond donors (Lipinski definition) is 1. The lowest BCUT2D eigenvalue weighted by molar-refractivity contribution is 0.284. The minimum atomic E-state index is 0.504. The quantitative estimate of drug-likeness (QED) is 0.438. The zero-order valence-electron chi connectivity index (χ0n) is 17.2. The van der Waals surface area contributed by atoms with Gasteiger partial charge in [0.25, 0.3) is 0 Å². The molecule has 0 atom stereocenters. The minimum absolute atomic E-state index is 0.504. The largest absolute Gasteiger partial charge is 0.493 e. The summed E-state index contributed by atoms with van der Waals surface area (Å²) >= 11 is 0. The lowest BCUT2D eigenvalue weighted by Crippen LogP contribution is -2.06. The maximum atomic E-state index is 5.94. The van der Waals surface area contributed by atoms with Gasteiger partial charge in [0.15, 0.2) is 11.5 Å². The molecule has 1 heterocycles. The molecule has 0 saturated carbocycles. The van der Waals surface area contributed by atoms with E-state index >= 15 is 0 Å². The van der Waals surface area contributed by atoms with E-state index in [1.807, 2.05) is 80.0 Å². The number of benzene rings is 3. The van der Waals surface area contributed by atoms with Crippen LogP contribution in [-0.4, -0.2) is 16.7 Å². The first-order chi connectivity index (χ1) is 14.7. The molecule has 0 saturated heterocycles. The minimum Gasteiger partial charge on any atom is -0.493 e. The Morgan fingerprint density at radius 2 is 1.60 bits per heavy atom. The summed E-state index contributed by atoms with van der Waals surface area (Å²) in [7, 11) is 3.67. The molecule has 1 aromatic heterocycles. The number of nitrogens with one attached hydrogen (secondary N) is 1. The highest BCUT2D eigenvalue weighted by atomic mass is 16.5. The highest BCUT2D eigenvalue weighted by Gasteiger charge is 2.10. The van der Waals surface area contributed by atoms with E-state index in [9.17, 15) is 0 Å². The molecule has 0 spiro atoms. The summed E-state index contributed by atoms with van der Waals surface area (Å²) in [6.07, 6.45) is 1.89. The maximum Gasteiger partial charge on any atom is 0.203 e. The van der Waals surface area contributed by atoms with Crippen molar-refractivity contribution < 1.29 is 9.47 Å². The molecule has 0 amide bonds. The summed E-state index contributed by atoms with van der Waals surface area (Å²) in [4.78, 5) is 4.53. The van der Waals surface area contributed by atoms with Crippen molar-refractivity contribution in [2.45, 2.75) is 13.2 Å². The molecule has 4 aromatic rings. The number of ether oxygens (including phenoxy) is 2. The lowest BCUT2D eigenvalue weighted by Gasteiger charge is -2.13. The number of aromatic nitrogens is 2. The summed E-state index contributed by atoms with van der Waals surface area (Å²) in [6, 6.07) is 26.3. The molecule has 0 aliphatic carbocycles. The summed E-state index contributed by atoms with van der Waals surface area (Å²) in [5.41, 5.74) is 4.42. The molecule has 30 heavy (non-hydrogen) atoms. The molecule has 4 rings (SSSR count). The Bertz CT molecular complexity index is 1090. The van der Waals surface area contributed by atoms with E-state index in [-0.39, 0.29) is 0 Å². The molecule has 5 nitrogen and oxygen atoms in total. The molecule has 0 aliphatic rings. The van der Waals surface area contributed by atoms with E-state index in [4.69, 9.17) is 9.47 Å². The smallest absolute Gasteiger partial charge is 0.203 e. The molecule has 152 valence electrons. The molecule has 3 aromatic carbocycles. The van der Waals surface area contributed by atoms with E-state index in [2.05, 4.69) is 27.0 Å². The van der Waals surface area contributed by atoms with Crippen LogP contribution in [0.15, 0.2) is 85.1 Å². The Hall–Kier alpha value is -3.73. The fourth-order valence-electron chi connectivity index (χ4n) is 3.31. The van der Waals surface area contributed by atoms with Crippen LogP contribution in [0.5, 0.6) is 11.5 Å². The number of methoxy groups -OCH3 is 1. The van der Waals surface area contributed by atoms with Gasteiger partial charge in [0, 0.05) is 13.6 Å². The van der Waals surface area contributed by atoms with E-state index in [1.54, 1.807) is 7.11 Å². The number of hydrogen-bond acceptors (Lipinski definition) is 4. The van der Waals surface area contributed by atoms with Gasteiger partial charge in [0.1, 0.15) is 6.61 Å². The normalized spacial score (nSPS) is 10.6. The second-order valence-electron chi connectivity index (χ2n) is 7.01. The highest BCUT2D eigenvalue weighted by molar-refractivity contribution is 5.61. The van der Waals surface area contributed by atoms with Crippen molar-refractivity contribution in [1.82, 2.24) is 9.55 Å². The van der Waals surface area contributed by atoms with E-state index in [0.717, 1.165) is 39.8 Å². The molecule has 0 aliphatic heterocycles. The Morgan fingerprint density at radius 3 is 2.33 bits per heavy atom. The molecule has 0 bridgehead atoms. The van der Waals surface area contributed by atoms with Gasteiger partial charge in [-0.3, -0.25) is 0 Å². The van der Waals surface area contributed by atoms with Crippen molar-refractivity contribution in [2.75, 3.05) is 12.4 Å². The van der Waals surface area contributed by atoms with Crippen LogP contribution in [0.3, 0.4) is 0 Å². The average Bonchev–Trinajstić information content (AvgIpc) is 3.18. The number of imidazole rings is 1. The monoisotopic (exact) mass is 399 g/mol. The van der Waals surface area contributed by atoms with Crippen LogP contribution in [0, 0.1) is 0 Å². The van der Waals surface area contributed by atoms with Crippen LogP contribution in [0.1, 0.15) is 11.1 Å². The summed E-state index contributed by atoms with van der Waals surface area (Å²) in [6.45, 7) is 1.14. The van der Waals surface area contributed by atoms with Crippen LogP contribution < -0.4 is 14.8 Å². The molecule has 5 heteroatoms. The predicted octanol–water partition coefficient (Wildman–Crippen LogP) is 5.29. The van der Waals surface area contributed by atoms with Gasteiger partial charge in [-0.15, -0.1) is 0 Å². The SMILES string of the molecule is COc1cc(CNc2ncc(-c3ccccc3)n2C)ccc1OCc1ccccc1. The second kappa shape index (κ2) is 9.18. The molecule has 0 radical (unpaired) electrons. The van der Waals surface area contributed by atoms with Gasteiger partial charge in [-0.05, 0) is 28.8 Å². The van der Waals surface area contributed by atoms with E-state index < -0.39 is 0 Å². The lowest BCUT2D eigenvalue weighted by atomic mass is 10.2. The first-order valence-electron chi connectivity index (χ1n) is 9.89. The Kier molecular flexibility index (Phi) is 5.99. The highest BCUT2D eigenvalue weighted by Crippen LogP contribution is 2.29. The van der Waals surface area contributed by atoms with Gasteiger partial charge >= 0.3 is 0 Å². The standard InChI is InChI=1S/C25H25N3O2/c1-28-22(21-11-7-4-8-12-21)17-27-25(28)26-16-20-13-14-23(24(15-20)29-2)30-18-19-9-5-3-6-10-19/h3-15,17H,16,18H2,1-2H3,(H,26,27). The Labute approximate surface area is 176 Å². The van der Waals surface area contributed by atoms with Gasteiger partial charge in [-0.1, -0.05) is 66.7 Å². The van der Waals surface area contributed by atoms with E-state index in [1.165, 1.54) is 0 Å². The van der Waals surface area contributed by atoms with Crippen molar-refractivity contribution in [3.8, 4) is 22.8 Å². The topological polar surface area (TPSA) is 48.3 Å². The van der Waals surface area contributed by atoms with Crippen LogP contribution in [0.25, 0.3) is 11.3 Å². The van der Waals surface area contributed by atoms with Crippen molar-refractivity contribution in [3.63, 3.8) is 0 Å². The van der Waals surface area contributed by atoms with Crippen LogP contribution >= 0.6 is 0 Å². The zero-order chi connectivity index (χ0) is 20.8. The Balaban J connectivity index is 1.42.